The van der Waals surface area contributed by atoms with Gasteiger partial charge in [0.05, 0.1) is 23.5 Å². The molecule has 1 N–H and O–H groups in total. The van der Waals surface area contributed by atoms with Crippen LogP contribution in [0.5, 0.6) is 0 Å². The molecule has 142 valence electrons. The highest BCUT2D eigenvalue weighted by Crippen LogP contribution is 2.22. The van der Waals surface area contributed by atoms with Crippen molar-refractivity contribution in [2.45, 2.75) is 19.4 Å². The second-order valence-electron chi connectivity index (χ2n) is 6.25. The Morgan fingerprint density at radius 2 is 1.86 bits per heavy atom. The Morgan fingerprint density at radius 3 is 2.68 bits per heavy atom. The van der Waals surface area contributed by atoms with Crippen molar-refractivity contribution in [3.05, 3.63) is 76.6 Å². The summed E-state index contributed by atoms with van der Waals surface area (Å²) >= 11 is 11.9. The number of oxazole rings is 1. The molecule has 0 aliphatic rings. The van der Waals surface area contributed by atoms with Crippen molar-refractivity contribution in [2.24, 2.45) is 0 Å². The summed E-state index contributed by atoms with van der Waals surface area (Å²) in [6, 6.07) is 10.9. The molecular formula is C20H16Cl2N4O2. The first kappa shape index (κ1) is 18.5. The molecule has 1 amide bonds. The van der Waals surface area contributed by atoms with Crippen LogP contribution in [0.25, 0.3) is 17.0 Å². The molecular weight excluding hydrogens is 399 g/mol. The van der Waals surface area contributed by atoms with Crippen LogP contribution in [0.2, 0.25) is 10.0 Å². The number of carbonyl (C=O) groups is 1. The van der Waals surface area contributed by atoms with Gasteiger partial charge in [-0.1, -0.05) is 23.2 Å². The highest BCUT2D eigenvalue weighted by Gasteiger charge is 2.10. The third kappa shape index (κ3) is 4.35. The molecule has 3 heterocycles. The number of aromatic nitrogens is 3. The Labute approximate surface area is 171 Å². The van der Waals surface area contributed by atoms with Gasteiger partial charge in [-0.3, -0.25) is 4.79 Å². The number of hydrogen-bond donors (Lipinski definition) is 1. The second-order valence-corrected chi connectivity index (χ2v) is 7.12. The van der Waals surface area contributed by atoms with Gasteiger partial charge in [0.25, 0.3) is 0 Å². The van der Waals surface area contributed by atoms with Gasteiger partial charge in [-0.25, -0.2) is 9.97 Å². The summed E-state index contributed by atoms with van der Waals surface area (Å²) in [6.45, 7) is 0.347. The predicted octanol–water partition coefficient (Wildman–Crippen LogP) is 4.55. The van der Waals surface area contributed by atoms with Crippen LogP contribution in [0.1, 0.15) is 18.0 Å². The van der Waals surface area contributed by atoms with E-state index in [0.29, 0.717) is 34.7 Å². The zero-order valence-electron chi connectivity index (χ0n) is 14.7. The second kappa shape index (κ2) is 8.04. The van der Waals surface area contributed by atoms with Gasteiger partial charge < -0.3 is 14.1 Å². The van der Waals surface area contributed by atoms with E-state index in [-0.39, 0.29) is 12.3 Å². The summed E-state index contributed by atoms with van der Waals surface area (Å²) in [7, 11) is 0. The van der Waals surface area contributed by atoms with Crippen LogP contribution in [0.15, 0.2) is 59.4 Å². The maximum atomic E-state index is 12.1. The number of halogens is 2. The number of amides is 1. The number of rotatable bonds is 6. The molecule has 0 atom stereocenters. The summed E-state index contributed by atoms with van der Waals surface area (Å²) < 4.78 is 7.54. The maximum absolute atomic E-state index is 12.1. The van der Waals surface area contributed by atoms with Crippen molar-refractivity contribution in [3.8, 4) is 11.3 Å². The molecule has 3 aromatic heterocycles. The monoisotopic (exact) mass is 414 g/mol. The largest absolute Gasteiger partial charge is 0.441 e. The van der Waals surface area contributed by atoms with Crippen LogP contribution in [-0.2, 0) is 17.8 Å². The van der Waals surface area contributed by atoms with Crippen LogP contribution >= 0.6 is 23.2 Å². The van der Waals surface area contributed by atoms with Crippen LogP contribution < -0.4 is 5.32 Å². The molecule has 0 saturated carbocycles. The first-order valence-electron chi connectivity index (χ1n) is 8.67. The van der Waals surface area contributed by atoms with Gasteiger partial charge in [0.1, 0.15) is 5.65 Å². The van der Waals surface area contributed by atoms with E-state index in [0.717, 1.165) is 16.9 Å². The fourth-order valence-corrected chi connectivity index (χ4v) is 3.07. The Bertz CT molecular complexity index is 1120. The first-order valence-corrected chi connectivity index (χ1v) is 9.43. The zero-order valence-corrected chi connectivity index (χ0v) is 16.2. The van der Waals surface area contributed by atoms with Crippen molar-refractivity contribution in [2.75, 3.05) is 0 Å². The van der Waals surface area contributed by atoms with E-state index in [1.165, 1.54) is 0 Å². The number of carbonyl (C=O) groups excluding carboxylic acids is 1. The summed E-state index contributed by atoms with van der Waals surface area (Å²) in [5.41, 5.74) is 2.43. The van der Waals surface area contributed by atoms with Gasteiger partial charge in [0.2, 0.25) is 5.91 Å². The fourth-order valence-electron chi connectivity index (χ4n) is 2.77. The van der Waals surface area contributed by atoms with E-state index in [2.05, 4.69) is 15.3 Å². The smallest absolute Gasteiger partial charge is 0.220 e. The van der Waals surface area contributed by atoms with Crippen molar-refractivity contribution in [3.63, 3.8) is 0 Å². The molecule has 1 aromatic carbocycles. The minimum atomic E-state index is -0.0960. The van der Waals surface area contributed by atoms with Crippen LogP contribution in [-0.4, -0.2) is 20.3 Å². The normalized spacial score (nSPS) is 11.1. The number of aryl methyl sites for hydroxylation is 1. The number of fused-ring (bicyclic) bond motifs is 1. The molecule has 0 saturated heterocycles. The van der Waals surface area contributed by atoms with Crippen molar-refractivity contribution < 1.29 is 9.21 Å². The van der Waals surface area contributed by atoms with Crippen LogP contribution in [0.4, 0.5) is 0 Å². The third-order valence-electron chi connectivity index (χ3n) is 4.18. The van der Waals surface area contributed by atoms with Crippen molar-refractivity contribution in [1.29, 1.82) is 0 Å². The highest BCUT2D eigenvalue weighted by molar-refractivity contribution is 6.30. The minimum absolute atomic E-state index is 0.0960. The quantitative estimate of drug-likeness (QED) is 0.502. The number of nitrogens with zero attached hydrogens (tertiary/aromatic N) is 3. The zero-order chi connectivity index (χ0) is 19.5. The highest BCUT2D eigenvalue weighted by atomic mass is 35.5. The average Bonchev–Trinajstić information content (AvgIpc) is 3.31. The Kier molecular flexibility index (Phi) is 5.32. The molecule has 0 aliphatic heterocycles. The molecule has 6 nitrogen and oxygen atoms in total. The summed E-state index contributed by atoms with van der Waals surface area (Å²) in [5, 5.41) is 4.15. The Balaban J connectivity index is 1.30. The minimum Gasteiger partial charge on any atom is -0.441 e. The number of imidazole rings is 1. The lowest BCUT2D eigenvalue weighted by Crippen LogP contribution is -2.23. The molecule has 0 bridgehead atoms. The molecule has 0 spiro atoms. The van der Waals surface area contributed by atoms with Crippen LogP contribution in [0, 0.1) is 0 Å². The number of pyridine rings is 1. The molecule has 0 unspecified atom stereocenters. The van der Waals surface area contributed by atoms with Gasteiger partial charge in [-0.05, 0) is 36.4 Å². The molecule has 0 fully saturated rings. The predicted molar refractivity (Wildman–Crippen MR) is 107 cm³/mol. The Hall–Kier alpha value is -2.83. The fraction of sp³-hybridized carbons (Fsp3) is 0.150. The van der Waals surface area contributed by atoms with Gasteiger partial charge in [0.15, 0.2) is 11.7 Å². The van der Waals surface area contributed by atoms with E-state index in [1.54, 1.807) is 30.6 Å². The van der Waals surface area contributed by atoms with Gasteiger partial charge in [-0.15, -0.1) is 0 Å². The molecule has 28 heavy (non-hydrogen) atoms. The lowest BCUT2D eigenvalue weighted by molar-refractivity contribution is -0.121. The molecule has 0 radical (unpaired) electrons. The maximum Gasteiger partial charge on any atom is 0.220 e. The average molecular weight is 415 g/mol. The first-order chi connectivity index (χ1) is 13.6. The Morgan fingerprint density at radius 1 is 1.07 bits per heavy atom. The van der Waals surface area contributed by atoms with Crippen molar-refractivity contribution >= 4 is 34.8 Å². The summed E-state index contributed by atoms with van der Waals surface area (Å²) in [4.78, 5) is 20.8. The van der Waals surface area contributed by atoms with E-state index in [1.807, 2.05) is 28.8 Å². The molecule has 4 aromatic rings. The SMILES string of the molecule is O=C(CCc1ncc(-c2ccc(Cl)cc2)o1)NCc1cn2cc(Cl)ccc2n1. The summed E-state index contributed by atoms with van der Waals surface area (Å²) in [5.74, 6) is 1.07. The topological polar surface area (TPSA) is 72.4 Å². The lowest BCUT2D eigenvalue weighted by atomic mass is 10.2. The van der Waals surface area contributed by atoms with Crippen LogP contribution in [0.3, 0.4) is 0 Å². The van der Waals surface area contributed by atoms with E-state index in [4.69, 9.17) is 27.6 Å². The van der Waals surface area contributed by atoms with E-state index < -0.39 is 0 Å². The van der Waals surface area contributed by atoms with E-state index in [9.17, 15) is 4.79 Å². The number of nitrogens with one attached hydrogen (secondary N) is 1. The standard InChI is InChI=1S/C20H16Cl2N4O2/c21-14-3-1-13(2-4-14)17-10-24-20(28-17)8-7-19(27)23-9-16-12-26-11-15(22)5-6-18(26)25-16/h1-6,10-12H,7-9H2,(H,23,27). The van der Waals surface area contributed by atoms with Crippen molar-refractivity contribution in [1.82, 2.24) is 19.7 Å². The van der Waals surface area contributed by atoms with Gasteiger partial charge in [0, 0.05) is 35.8 Å². The summed E-state index contributed by atoms with van der Waals surface area (Å²) in [6.07, 6.45) is 5.96. The van der Waals surface area contributed by atoms with E-state index >= 15 is 0 Å². The molecule has 0 aliphatic carbocycles. The molecule has 8 heteroatoms. The van der Waals surface area contributed by atoms with Gasteiger partial charge >= 0.3 is 0 Å². The molecule has 4 rings (SSSR count). The number of benzene rings is 1. The lowest BCUT2D eigenvalue weighted by Gasteiger charge is -2.01. The third-order valence-corrected chi connectivity index (χ3v) is 4.66. The van der Waals surface area contributed by atoms with Gasteiger partial charge in [-0.2, -0.15) is 0 Å². The number of hydrogen-bond acceptors (Lipinski definition) is 4.